The summed E-state index contributed by atoms with van der Waals surface area (Å²) in [6.07, 6.45) is 4.40. The number of anilines is 2. The van der Waals surface area contributed by atoms with Crippen molar-refractivity contribution in [2.24, 2.45) is 0 Å². The fourth-order valence-electron chi connectivity index (χ4n) is 5.02. The Labute approximate surface area is 266 Å². The van der Waals surface area contributed by atoms with E-state index in [0.717, 1.165) is 81.6 Å². The molecule has 10 nitrogen and oxygen atoms in total. The average Bonchev–Trinajstić information content (AvgIpc) is 3.48. The molecular formula is C31H31Br2N7O3. The van der Waals surface area contributed by atoms with Crippen LogP contribution in [-0.2, 0) is 11.3 Å². The van der Waals surface area contributed by atoms with E-state index in [9.17, 15) is 0 Å². The van der Waals surface area contributed by atoms with Crippen molar-refractivity contribution in [1.29, 1.82) is 0 Å². The first-order chi connectivity index (χ1) is 21.0. The summed E-state index contributed by atoms with van der Waals surface area (Å²) in [6, 6.07) is 18.0. The van der Waals surface area contributed by atoms with Gasteiger partial charge in [-0.2, -0.15) is 0 Å². The van der Waals surface area contributed by atoms with E-state index < -0.39 is 0 Å². The first-order valence-electron chi connectivity index (χ1n) is 14.0. The van der Waals surface area contributed by atoms with E-state index in [1.54, 1.807) is 13.4 Å². The highest BCUT2D eigenvalue weighted by atomic mass is 79.9. The fraction of sp³-hybridized carbons (Fsp3) is 0.290. The van der Waals surface area contributed by atoms with Crippen LogP contribution in [-0.4, -0.2) is 76.4 Å². The van der Waals surface area contributed by atoms with Crippen LogP contribution in [0.4, 0.5) is 11.5 Å². The Bertz CT molecular complexity index is 1690. The number of rotatable bonds is 11. The predicted molar refractivity (Wildman–Crippen MR) is 173 cm³/mol. The summed E-state index contributed by atoms with van der Waals surface area (Å²) in [5.74, 6) is 1.98. The standard InChI is InChI=1S/C31H31Br2N7O3/c1-41-29-17-27-26(16-30(29)43-9-3-6-39-7-10-42-11-8-39)31(35-20-34-27)36-25-5-2-4-22(14-25)28-19-40(38-37-28)18-21-12-23(32)15-24(33)13-21/h2,4-5,12-17,19-20H,3,6-11,18H2,1H3,(H,34,35,36). The molecule has 1 aliphatic heterocycles. The summed E-state index contributed by atoms with van der Waals surface area (Å²) in [6.45, 7) is 5.69. The number of fused-ring (bicyclic) bond motifs is 1. The van der Waals surface area contributed by atoms with Crippen molar-refractivity contribution in [1.82, 2.24) is 29.9 Å². The number of morpholine rings is 1. The Morgan fingerprint density at radius 1 is 0.977 bits per heavy atom. The lowest BCUT2D eigenvalue weighted by atomic mass is 10.1. The van der Waals surface area contributed by atoms with Crippen LogP contribution >= 0.6 is 31.9 Å². The zero-order chi connectivity index (χ0) is 29.6. The van der Waals surface area contributed by atoms with E-state index in [4.69, 9.17) is 14.2 Å². The molecule has 3 heterocycles. The van der Waals surface area contributed by atoms with Gasteiger partial charge in [-0.05, 0) is 48.4 Å². The van der Waals surface area contributed by atoms with Gasteiger partial charge >= 0.3 is 0 Å². The van der Waals surface area contributed by atoms with Gasteiger partial charge in [0, 0.05) is 51.3 Å². The Morgan fingerprint density at radius 2 is 1.81 bits per heavy atom. The van der Waals surface area contributed by atoms with Gasteiger partial charge in [0.2, 0.25) is 0 Å². The summed E-state index contributed by atoms with van der Waals surface area (Å²) < 4.78 is 21.1. The van der Waals surface area contributed by atoms with Crippen LogP contribution in [0.5, 0.6) is 11.5 Å². The second-order valence-electron chi connectivity index (χ2n) is 10.2. The summed E-state index contributed by atoms with van der Waals surface area (Å²) in [5, 5.41) is 13.1. The van der Waals surface area contributed by atoms with Crippen molar-refractivity contribution >= 4 is 54.3 Å². The quantitative estimate of drug-likeness (QED) is 0.158. The third-order valence-electron chi connectivity index (χ3n) is 7.13. The first kappa shape index (κ1) is 29.5. The third kappa shape index (κ3) is 7.50. The number of methoxy groups -OCH3 is 1. The molecule has 0 atom stereocenters. The SMILES string of the molecule is COc1cc2ncnc(Nc3cccc(-c4cn(Cc5cc(Br)cc(Br)c5)nn4)c3)c2cc1OCCCN1CCOCC1. The highest BCUT2D eigenvalue weighted by Gasteiger charge is 2.14. The van der Waals surface area contributed by atoms with E-state index in [0.29, 0.717) is 30.5 Å². The zero-order valence-corrected chi connectivity index (χ0v) is 26.8. The van der Waals surface area contributed by atoms with E-state index >= 15 is 0 Å². The number of aromatic nitrogens is 5. The maximum Gasteiger partial charge on any atom is 0.162 e. The van der Waals surface area contributed by atoms with Gasteiger partial charge in [0.25, 0.3) is 0 Å². The predicted octanol–water partition coefficient (Wildman–Crippen LogP) is 6.31. The minimum atomic E-state index is 0.581. The monoisotopic (exact) mass is 707 g/mol. The van der Waals surface area contributed by atoms with Gasteiger partial charge in [-0.1, -0.05) is 49.2 Å². The molecule has 0 radical (unpaired) electrons. The molecule has 1 N–H and O–H groups in total. The molecule has 3 aromatic carbocycles. The van der Waals surface area contributed by atoms with E-state index in [-0.39, 0.29) is 0 Å². The van der Waals surface area contributed by atoms with Gasteiger partial charge in [-0.15, -0.1) is 5.10 Å². The van der Waals surface area contributed by atoms with Crippen LogP contribution in [0.15, 0.2) is 76.1 Å². The second-order valence-corrected chi connectivity index (χ2v) is 12.0. The van der Waals surface area contributed by atoms with E-state index in [1.165, 1.54) is 0 Å². The zero-order valence-electron chi connectivity index (χ0n) is 23.7. The van der Waals surface area contributed by atoms with Crippen molar-refractivity contribution in [2.45, 2.75) is 13.0 Å². The minimum Gasteiger partial charge on any atom is -0.493 e. The number of nitrogens with one attached hydrogen (secondary N) is 1. The molecule has 1 fully saturated rings. The summed E-state index contributed by atoms with van der Waals surface area (Å²) >= 11 is 7.09. The molecule has 12 heteroatoms. The van der Waals surface area contributed by atoms with Crippen LogP contribution < -0.4 is 14.8 Å². The molecule has 0 aliphatic carbocycles. The summed E-state index contributed by atoms with van der Waals surface area (Å²) in [5.41, 5.74) is 4.46. The van der Waals surface area contributed by atoms with Crippen LogP contribution in [0.2, 0.25) is 0 Å². The molecule has 1 aliphatic rings. The third-order valence-corrected chi connectivity index (χ3v) is 8.04. The Kier molecular flexibility index (Phi) is 9.47. The Morgan fingerprint density at radius 3 is 2.63 bits per heavy atom. The van der Waals surface area contributed by atoms with E-state index in [1.807, 2.05) is 53.3 Å². The molecule has 0 unspecified atom stereocenters. The Hall–Kier alpha value is -3.58. The molecule has 0 saturated carbocycles. The molecular weight excluding hydrogens is 678 g/mol. The van der Waals surface area contributed by atoms with Gasteiger partial charge in [-0.25, -0.2) is 14.6 Å². The topological polar surface area (TPSA) is 99.5 Å². The average molecular weight is 709 g/mol. The largest absolute Gasteiger partial charge is 0.493 e. The van der Waals surface area contributed by atoms with Gasteiger partial charge < -0.3 is 19.5 Å². The number of ether oxygens (including phenoxy) is 3. The number of hydrogen-bond donors (Lipinski definition) is 1. The lowest BCUT2D eigenvalue weighted by molar-refractivity contribution is 0.0357. The second kappa shape index (κ2) is 13.8. The van der Waals surface area contributed by atoms with Gasteiger partial charge in [-0.3, -0.25) is 4.90 Å². The Balaban J connectivity index is 1.17. The number of hydrogen-bond acceptors (Lipinski definition) is 9. The number of nitrogens with zero attached hydrogens (tertiary/aromatic N) is 6. The van der Waals surface area contributed by atoms with Crippen molar-refractivity contribution in [3.63, 3.8) is 0 Å². The van der Waals surface area contributed by atoms with Crippen molar-refractivity contribution in [3.05, 3.63) is 81.6 Å². The highest BCUT2D eigenvalue weighted by molar-refractivity contribution is 9.11. The van der Waals surface area contributed by atoms with Crippen LogP contribution in [0, 0.1) is 0 Å². The van der Waals surface area contributed by atoms with Crippen LogP contribution in [0.25, 0.3) is 22.2 Å². The van der Waals surface area contributed by atoms with Crippen molar-refractivity contribution in [3.8, 4) is 22.8 Å². The number of benzene rings is 3. The molecule has 6 rings (SSSR count). The molecule has 0 spiro atoms. The molecule has 5 aromatic rings. The van der Waals surface area contributed by atoms with Gasteiger partial charge in [0.15, 0.2) is 11.5 Å². The number of halogens is 2. The minimum absolute atomic E-state index is 0.581. The lowest BCUT2D eigenvalue weighted by Gasteiger charge is -2.26. The molecule has 2 aromatic heterocycles. The normalized spacial score (nSPS) is 13.7. The van der Waals surface area contributed by atoms with Crippen LogP contribution in [0.1, 0.15) is 12.0 Å². The molecule has 1 saturated heterocycles. The fourth-order valence-corrected chi connectivity index (χ4v) is 6.41. The maximum atomic E-state index is 6.18. The van der Waals surface area contributed by atoms with Crippen molar-refractivity contribution in [2.75, 3.05) is 51.9 Å². The summed E-state index contributed by atoms with van der Waals surface area (Å²) in [4.78, 5) is 11.4. The van der Waals surface area contributed by atoms with Gasteiger partial charge in [0.1, 0.15) is 17.8 Å². The molecule has 0 bridgehead atoms. The molecule has 222 valence electrons. The smallest absolute Gasteiger partial charge is 0.162 e. The van der Waals surface area contributed by atoms with E-state index in [2.05, 4.69) is 74.5 Å². The lowest BCUT2D eigenvalue weighted by Crippen LogP contribution is -2.37. The highest BCUT2D eigenvalue weighted by Crippen LogP contribution is 2.35. The van der Waals surface area contributed by atoms with Crippen molar-refractivity contribution < 1.29 is 14.2 Å². The molecule has 0 amide bonds. The summed E-state index contributed by atoms with van der Waals surface area (Å²) in [7, 11) is 1.64. The first-order valence-corrected chi connectivity index (χ1v) is 15.6. The van der Waals surface area contributed by atoms with Gasteiger partial charge in [0.05, 0.1) is 45.2 Å². The van der Waals surface area contributed by atoms with Crippen LogP contribution in [0.3, 0.4) is 0 Å². The molecule has 43 heavy (non-hydrogen) atoms. The maximum absolute atomic E-state index is 6.18.